The molecule has 1 aromatic heterocycles. The first kappa shape index (κ1) is 14.6. The number of hydrogen-bond donors (Lipinski definition) is 3. The number of aromatic amines is 1. The van der Waals surface area contributed by atoms with Gasteiger partial charge in [0.05, 0.1) is 0 Å². The molecule has 18 heavy (non-hydrogen) atoms. The van der Waals surface area contributed by atoms with Crippen LogP contribution in [0.15, 0.2) is 0 Å². The average molecular weight is 253 g/mol. The summed E-state index contributed by atoms with van der Waals surface area (Å²) in [4.78, 5) is 16.0. The van der Waals surface area contributed by atoms with E-state index in [-0.39, 0.29) is 23.2 Å². The molecule has 0 atom stereocenters. The summed E-state index contributed by atoms with van der Waals surface area (Å²) in [5.74, 6) is 0.826. The number of nitrogens with zero attached hydrogens (tertiary/aromatic N) is 2. The Kier molecular flexibility index (Phi) is 4.84. The van der Waals surface area contributed by atoms with E-state index >= 15 is 0 Å². The molecule has 0 fully saturated rings. The molecule has 6 nitrogen and oxygen atoms in total. The van der Waals surface area contributed by atoms with Crippen LogP contribution in [0.5, 0.6) is 0 Å². The SMILES string of the molecule is CCC(N)(CC)CNC(=O)c1n[nH]c(C(C)C)n1. The molecule has 0 aromatic carbocycles. The molecule has 0 aliphatic heterocycles. The van der Waals surface area contributed by atoms with E-state index in [1.165, 1.54) is 0 Å². The van der Waals surface area contributed by atoms with Crippen LogP contribution < -0.4 is 11.1 Å². The Morgan fingerprint density at radius 1 is 1.44 bits per heavy atom. The van der Waals surface area contributed by atoms with Crippen molar-refractivity contribution in [2.24, 2.45) is 5.73 Å². The summed E-state index contributed by atoms with van der Waals surface area (Å²) in [6.45, 7) is 8.44. The van der Waals surface area contributed by atoms with Crippen molar-refractivity contribution >= 4 is 5.91 Å². The van der Waals surface area contributed by atoms with Gasteiger partial charge in [0.1, 0.15) is 5.82 Å². The van der Waals surface area contributed by atoms with Crippen molar-refractivity contribution in [3.05, 3.63) is 11.6 Å². The van der Waals surface area contributed by atoms with E-state index in [4.69, 9.17) is 5.73 Å². The molecule has 0 aliphatic carbocycles. The molecule has 6 heteroatoms. The smallest absolute Gasteiger partial charge is 0.291 e. The third-order valence-electron chi connectivity index (χ3n) is 3.26. The van der Waals surface area contributed by atoms with E-state index < -0.39 is 0 Å². The normalized spacial score (nSPS) is 11.9. The van der Waals surface area contributed by atoms with E-state index in [2.05, 4.69) is 20.5 Å². The van der Waals surface area contributed by atoms with Gasteiger partial charge < -0.3 is 11.1 Å². The maximum absolute atomic E-state index is 11.8. The minimum Gasteiger partial charge on any atom is -0.347 e. The molecule has 1 rings (SSSR count). The van der Waals surface area contributed by atoms with Crippen LogP contribution in [0.2, 0.25) is 0 Å². The monoisotopic (exact) mass is 253 g/mol. The van der Waals surface area contributed by atoms with Gasteiger partial charge in [0.15, 0.2) is 0 Å². The molecule has 1 amide bonds. The zero-order valence-corrected chi connectivity index (χ0v) is 11.6. The van der Waals surface area contributed by atoms with Gasteiger partial charge in [-0.15, -0.1) is 5.10 Å². The number of aromatic nitrogens is 3. The molecule has 0 radical (unpaired) electrons. The highest BCUT2D eigenvalue weighted by Gasteiger charge is 2.22. The lowest BCUT2D eigenvalue weighted by Crippen LogP contribution is -2.49. The number of nitrogens with one attached hydrogen (secondary N) is 2. The maximum atomic E-state index is 11.8. The molecule has 0 saturated carbocycles. The summed E-state index contributed by atoms with van der Waals surface area (Å²) in [6.07, 6.45) is 1.63. The van der Waals surface area contributed by atoms with Crippen LogP contribution in [0.3, 0.4) is 0 Å². The molecular formula is C12H23N5O. The number of hydrogen-bond acceptors (Lipinski definition) is 4. The first-order chi connectivity index (χ1) is 8.41. The predicted octanol–water partition coefficient (Wildman–Crippen LogP) is 1.18. The fourth-order valence-electron chi connectivity index (χ4n) is 1.47. The van der Waals surface area contributed by atoms with Gasteiger partial charge in [-0.05, 0) is 12.8 Å². The lowest BCUT2D eigenvalue weighted by atomic mass is 9.94. The van der Waals surface area contributed by atoms with Gasteiger partial charge in [-0.25, -0.2) is 4.98 Å². The Balaban J connectivity index is 2.60. The Bertz CT molecular complexity index is 395. The third kappa shape index (κ3) is 3.53. The predicted molar refractivity (Wildman–Crippen MR) is 70.3 cm³/mol. The van der Waals surface area contributed by atoms with Crippen molar-refractivity contribution in [3.63, 3.8) is 0 Å². The number of rotatable bonds is 6. The van der Waals surface area contributed by atoms with Crippen molar-refractivity contribution in [2.45, 2.75) is 52.0 Å². The van der Waals surface area contributed by atoms with Crippen LogP contribution >= 0.6 is 0 Å². The summed E-state index contributed by atoms with van der Waals surface area (Å²) in [7, 11) is 0. The first-order valence-electron chi connectivity index (χ1n) is 6.41. The highest BCUT2D eigenvalue weighted by molar-refractivity contribution is 5.90. The number of carbonyl (C=O) groups excluding carboxylic acids is 1. The van der Waals surface area contributed by atoms with Crippen LogP contribution in [-0.2, 0) is 0 Å². The van der Waals surface area contributed by atoms with E-state index in [0.717, 1.165) is 12.8 Å². The Labute approximate surface area is 108 Å². The maximum Gasteiger partial charge on any atom is 0.291 e. The zero-order chi connectivity index (χ0) is 13.8. The summed E-state index contributed by atoms with van der Waals surface area (Å²) in [5.41, 5.74) is 5.76. The third-order valence-corrected chi connectivity index (χ3v) is 3.26. The van der Waals surface area contributed by atoms with Crippen molar-refractivity contribution in [2.75, 3.05) is 6.54 Å². The molecule has 0 unspecified atom stereocenters. The van der Waals surface area contributed by atoms with Crippen LogP contribution in [-0.4, -0.2) is 33.2 Å². The summed E-state index contributed by atoms with van der Waals surface area (Å²) < 4.78 is 0. The molecule has 0 spiro atoms. The molecule has 0 saturated heterocycles. The molecule has 1 heterocycles. The van der Waals surface area contributed by atoms with Crippen LogP contribution in [0.1, 0.15) is 62.9 Å². The van der Waals surface area contributed by atoms with Gasteiger partial charge in [0.25, 0.3) is 5.91 Å². The fraction of sp³-hybridized carbons (Fsp3) is 0.750. The second-order valence-electron chi connectivity index (χ2n) is 4.95. The van der Waals surface area contributed by atoms with Crippen LogP contribution in [0, 0.1) is 0 Å². The van der Waals surface area contributed by atoms with Crippen molar-refractivity contribution < 1.29 is 4.79 Å². The quantitative estimate of drug-likeness (QED) is 0.709. The average Bonchev–Trinajstić information content (AvgIpc) is 2.85. The second-order valence-corrected chi connectivity index (χ2v) is 4.95. The first-order valence-corrected chi connectivity index (χ1v) is 6.41. The van der Waals surface area contributed by atoms with E-state index in [1.807, 2.05) is 27.7 Å². The van der Waals surface area contributed by atoms with Gasteiger partial charge in [-0.1, -0.05) is 27.7 Å². The van der Waals surface area contributed by atoms with Crippen LogP contribution in [0.4, 0.5) is 0 Å². The van der Waals surface area contributed by atoms with Gasteiger partial charge in [0.2, 0.25) is 5.82 Å². The number of amides is 1. The standard InChI is InChI=1S/C12H23N5O/c1-5-12(13,6-2)7-14-11(18)10-15-9(8(3)4)16-17-10/h8H,5-7,13H2,1-4H3,(H,14,18)(H,15,16,17). The zero-order valence-electron chi connectivity index (χ0n) is 11.6. The Hall–Kier alpha value is -1.43. The molecule has 4 N–H and O–H groups in total. The van der Waals surface area contributed by atoms with Crippen molar-refractivity contribution in [1.82, 2.24) is 20.5 Å². The Morgan fingerprint density at radius 2 is 2.06 bits per heavy atom. The van der Waals surface area contributed by atoms with Crippen molar-refractivity contribution in [3.8, 4) is 0 Å². The van der Waals surface area contributed by atoms with E-state index in [1.54, 1.807) is 0 Å². The van der Waals surface area contributed by atoms with Gasteiger partial charge in [-0.2, -0.15) is 0 Å². The lowest BCUT2D eigenvalue weighted by Gasteiger charge is -2.26. The number of nitrogens with two attached hydrogens (primary N) is 1. The molecule has 0 bridgehead atoms. The molecule has 102 valence electrons. The highest BCUT2D eigenvalue weighted by atomic mass is 16.2. The van der Waals surface area contributed by atoms with Crippen LogP contribution in [0.25, 0.3) is 0 Å². The summed E-state index contributed by atoms with van der Waals surface area (Å²) in [5, 5.41) is 9.44. The minimum absolute atomic E-state index is 0.174. The highest BCUT2D eigenvalue weighted by Crippen LogP contribution is 2.10. The number of H-pyrrole nitrogens is 1. The molecule has 0 aliphatic rings. The summed E-state index contributed by atoms with van der Waals surface area (Å²) in [6, 6.07) is 0. The van der Waals surface area contributed by atoms with E-state index in [0.29, 0.717) is 12.4 Å². The summed E-state index contributed by atoms with van der Waals surface area (Å²) >= 11 is 0. The number of carbonyl (C=O) groups is 1. The minimum atomic E-state index is -0.354. The topological polar surface area (TPSA) is 96.7 Å². The lowest BCUT2D eigenvalue weighted by molar-refractivity contribution is 0.0932. The van der Waals surface area contributed by atoms with Gasteiger partial charge in [0, 0.05) is 18.0 Å². The largest absolute Gasteiger partial charge is 0.347 e. The van der Waals surface area contributed by atoms with Gasteiger partial charge in [-0.3, -0.25) is 9.89 Å². The van der Waals surface area contributed by atoms with E-state index in [9.17, 15) is 4.79 Å². The van der Waals surface area contributed by atoms with Gasteiger partial charge >= 0.3 is 0 Å². The second kappa shape index (κ2) is 5.95. The molecule has 1 aromatic rings. The van der Waals surface area contributed by atoms with Crippen molar-refractivity contribution in [1.29, 1.82) is 0 Å². The molecular weight excluding hydrogens is 230 g/mol. The fourth-order valence-corrected chi connectivity index (χ4v) is 1.47. The Morgan fingerprint density at radius 3 is 2.50 bits per heavy atom.